The number of aliphatic imine (C=N–C) groups is 1. The van der Waals surface area contributed by atoms with Gasteiger partial charge in [-0.3, -0.25) is 4.68 Å². The Hall–Kier alpha value is -2.57. The van der Waals surface area contributed by atoms with Crippen LogP contribution in [0.5, 0.6) is 5.75 Å². The van der Waals surface area contributed by atoms with Gasteiger partial charge in [0.1, 0.15) is 30.0 Å². The number of hydrogen-bond acceptors (Lipinski definition) is 4. The molecule has 2 N–H and O–H groups in total. The molecule has 1 aliphatic heterocycles. The molecule has 2 aromatic rings. The van der Waals surface area contributed by atoms with E-state index >= 15 is 0 Å². The Labute approximate surface area is 148 Å². The summed E-state index contributed by atoms with van der Waals surface area (Å²) in [6.07, 6.45) is 2.40. The summed E-state index contributed by atoms with van der Waals surface area (Å²) in [5.74, 6) is 2.52. The van der Waals surface area contributed by atoms with Gasteiger partial charge in [-0.05, 0) is 26.8 Å². The maximum absolute atomic E-state index is 6.10. The molecule has 134 valence electrons. The van der Waals surface area contributed by atoms with Crippen LogP contribution in [0.4, 0.5) is 0 Å². The topological polar surface area (TPSA) is 76.4 Å². The van der Waals surface area contributed by atoms with Crippen LogP contribution < -0.4 is 15.4 Å². The van der Waals surface area contributed by atoms with E-state index in [0.717, 1.165) is 36.1 Å². The zero-order valence-electron chi connectivity index (χ0n) is 15.3. The van der Waals surface area contributed by atoms with Crippen LogP contribution in [0.25, 0.3) is 0 Å². The summed E-state index contributed by atoms with van der Waals surface area (Å²) in [5.41, 5.74) is 0.929. The minimum Gasteiger partial charge on any atom is -0.487 e. The third-order valence-corrected chi connectivity index (χ3v) is 4.22. The Morgan fingerprint density at radius 2 is 2.20 bits per heavy atom. The lowest BCUT2D eigenvalue weighted by Crippen LogP contribution is -2.45. The van der Waals surface area contributed by atoms with Gasteiger partial charge in [-0.25, -0.2) is 9.98 Å². The van der Waals surface area contributed by atoms with E-state index in [1.54, 1.807) is 11.0 Å². The quantitative estimate of drug-likeness (QED) is 0.658. The van der Waals surface area contributed by atoms with Gasteiger partial charge in [-0.1, -0.05) is 18.2 Å². The van der Waals surface area contributed by atoms with Crippen molar-refractivity contribution in [3.63, 3.8) is 0 Å². The van der Waals surface area contributed by atoms with Gasteiger partial charge in [-0.2, -0.15) is 5.10 Å². The summed E-state index contributed by atoms with van der Waals surface area (Å²) < 4.78 is 7.84. The van der Waals surface area contributed by atoms with E-state index in [2.05, 4.69) is 52.5 Å². The van der Waals surface area contributed by atoms with Crippen molar-refractivity contribution in [2.75, 3.05) is 6.54 Å². The van der Waals surface area contributed by atoms with E-state index in [4.69, 9.17) is 4.74 Å². The first-order valence-corrected chi connectivity index (χ1v) is 8.64. The molecule has 0 amide bonds. The number of nitrogens with zero attached hydrogens (tertiary/aromatic N) is 4. The van der Waals surface area contributed by atoms with Crippen LogP contribution in [0.3, 0.4) is 0 Å². The van der Waals surface area contributed by atoms with Crippen LogP contribution in [-0.4, -0.2) is 32.9 Å². The monoisotopic (exact) mass is 342 g/mol. The predicted octanol–water partition coefficient (Wildman–Crippen LogP) is 2.17. The highest BCUT2D eigenvalue weighted by Crippen LogP contribution is 2.39. The van der Waals surface area contributed by atoms with Crippen molar-refractivity contribution in [2.24, 2.45) is 12.0 Å². The first kappa shape index (κ1) is 17.3. The van der Waals surface area contributed by atoms with Gasteiger partial charge in [-0.15, -0.1) is 0 Å². The van der Waals surface area contributed by atoms with Crippen LogP contribution in [0.1, 0.15) is 44.6 Å². The second-order valence-electron chi connectivity index (χ2n) is 6.80. The molecule has 0 aliphatic carbocycles. The average Bonchev–Trinajstić information content (AvgIpc) is 2.97. The summed E-state index contributed by atoms with van der Waals surface area (Å²) in [6.45, 7) is 7.54. The van der Waals surface area contributed by atoms with Crippen LogP contribution in [-0.2, 0) is 13.6 Å². The molecule has 0 saturated heterocycles. The van der Waals surface area contributed by atoms with Crippen molar-refractivity contribution in [1.82, 2.24) is 25.4 Å². The number of para-hydroxylation sites is 1. The first-order valence-electron chi connectivity index (χ1n) is 8.64. The molecule has 0 saturated carbocycles. The zero-order valence-corrected chi connectivity index (χ0v) is 15.3. The smallest absolute Gasteiger partial charge is 0.192 e. The molecule has 7 nitrogen and oxygen atoms in total. The highest BCUT2D eigenvalue weighted by Gasteiger charge is 2.33. The fraction of sp³-hybridized carbons (Fsp3) is 0.500. The maximum Gasteiger partial charge on any atom is 0.192 e. The lowest BCUT2D eigenvalue weighted by Gasteiger charge is -2.38. The van der Waals surface area contributed by atoms with Gasteiger partial charge in [0.15, 0.2) is 5.96 Å². The fourth-order valence-corrected chi connectivity index (χ4v) is 3.03. The Kier molecular flexibility index (Phi) is 4.92. The molecular weight excluding hydrogens is 316 g/mol. The molecule has 1 aromatic carbocycles. The number of hydrogen-bond donors (Lipinski definition) is 2. The van der Waals surface area contributed by atoms with Gasteiger partial charge in [0, 0.05) is 25.6 Å². The van der Waals surface area contributed by atoms with E-state index in [1.165, 1.54) is 0 Å². The van der Waals surface area contributed by atoms with Crippen molar-refractivity contribution in [3.8, 4) is 5.75 Å². The molecule has 1 atom stereocenters. The van der Waals surface area contributed by atoms with Gasteiger partial charge < -0.3 is 15.4 Å². The first-order chi connectivity index (χ1) is 12.0. The standard InChI is InChI=1S/C18H26N6O/c1-5-19-17(20-11-16-21-12-22-24(16)4)23-14-10-18(2,3)25-15-9-7-6-8-13(14)15/h6-9,12,14H,5,10-11H2,1-4H3,(H2,19,20,23). The second-order valence-corrected chi connectivity index (χ2v) is 6.80. The van der Waals surface area contributed by atoms with E-state index in [0.29, 0.717) is 6.54 Å². The second kappa shape index (κ2) is 7.13. The van der Waals surface area contributed by atoms with Crippen LogP contribution in [0.2, 0.25) is 0 Å². The average molecular weight is 342 g/mol. The lowest BCUT2D eigenvalue weighted by atomic mass is 9.90. The van der Waals surface area contributed by atoms with E-state index in [9.17, 15) is 0 Å². The van der Waals surface area contributed by atoms with Crippen molar-refractivity contribution in [1.29, 1.82) is 0 Å². The predicted molar refractivity (Wildman–Crippen MR) is 97.5 cm³/mol. The number of aromatic nitrogens is 3. The zero-order chi connectivity index (χ0) is 17.9. The van der Waals surface area contributed by atoms with Crippen molar-refractivity contribution < 1.29 is 4.74 Å². The Morgan fingerprint density at radius 3 is 2.92 bits per heavy atom. The van der Waals surface area contributed by atoms with E-state index in [-0.39, 0.29) is 11.6 Å². The number of nitrogens with one attached hydrogen (secondary N) is 2. The molecule has 2 heterocycles. The number of ether oxygens (including phenoxy) is 1. The number of benzene rings is 1. The van der Waals surface area contributed by atoms with Gasteiger partial charge in [0.05, 0.1) is 6.04 Å². The van der Waals surface area contributed by atoms with Crippen molar-refractivity contribution in [3.05, 3.63) is 42.0 Å². The van der Waals surface area contributed by atoms with Gasteiger partial charge >= 0.3 is 0 Å². The summed E-state index contributed by atoms with van der Waals surface area (Å²) in [6, 6.07) is 8.31. The molecule has 0 spiro atoms. The molecule has 1 aromatic heterocycles. The summed E-state index contributed by atoms with van der Waals surface area (Å²) in [5, 5.41) is 10.9. The molecule has 25 heavy (non-hydrogen) atoms. The van der Waals surface area contributed by atoms with Gasteiger partial charge in [0.25, 0.3) is 0 Å². The minimum atomic E-state index is -0.229. The Bertz CT molecular complexity index is 752. The SMILES string of the molecule is CCNC(=NCc1ncnn1C)NC1CC(C)(C)Oc2ccccc21. The number of fused-ring (bicyclic) bond motifs is 1. The van der Waals surface area contributed by atoms with E-state index < -0.39 is 0 Å². The van der Waals surface area contributed by atoms with Crippen LogP contribution >= 0.6 is 0 Å². The molecule has 7 heteroatoms. The molecule has 0 fully saturated rings. The van der Waals surface area contributed by atoms with Gasteiger partial charge in [0.2, 0.25) is 0 Å². The van der Waals surface area contributed by atoms with Crippen molar-refractivity contribution >= 4 is 5.96 Å². The normalized spacial score (nSPS) is 19.0. The number of rotatable bonds is 4. The van der Waals surface area contributed by atoms with Crippen LogP contribution in [0.15, 0.2) is 35.6 Å². The van der Waals surface area contributed by atoms with E-state index in [1.807, 2.05) is 25.2 Å². The largest absolute Gasteiger partial charge is 0.487 e. The number of guanidine groups is 1. The number of aryl methyl sites for hydroxylation is 1. The van der Waals surface area contributed by atoms with Crippen LogP contribution in [0, 0.1) is 0 Å². The molecule has 0 radical (unpaired) electrons. The summed E-state index contributed by atoms with van der Waals surface area (Å²) >= 11 is 0. The molecule has 1 aliphatic rings. The maximum atomic E-state index is 6.10. The summed E-state index contributed by atoms with van der Waals surface area (Å²) in [4.78, 5) is 8.88. The third-order valence-electron chi connectivity index (χ3n) is 4.22. The minimum absolute atomic E-state index is 0.136. The molecule has 0 bridgehead atoms. The molecule has 3 rings (SSSR count). The Balaban J connectivity index is 1.81. The summed E-state index contributed by atoms with van der Waals surface area (Å²) in [7, 11) is 1.87. The lowest BCUT2D eigenvalue weighted by molar-refractivity contribution is 0.0694. The fourth-order valence-electron chi connectivity index (χ4n) is 3.03. The third kappa shape index (κ3) is 4.10. The molecule has 1 unspecified atom stereocenters. The Morgan fingerprint density at radius 1 is 1.40 bits per heavy atom. The molecular formula is C18H26N6O. The highest BCUT2D eigenvalue weighted by molar-refractivity contribution is 5.80. The highest BCUT2D eigenvalue weighted by atomic mass is 16.5. The van der Waals surface area contributed by atoms with Crippen molar-refractivity contribution in [2.45, 2.75) is 45.4 Å².